The van der Waals surface area contributed by atoms with Crippen LogP contribution in [0.25, 0.3) is 0 Å². The van der Waals surface area contributed by atoms with Gasteiger partial charge in [-0.05, 0) is 25.8 Å². The molecule has 1 heterocycles. The number of rotatable bonds is 4. The van der Waals surface area contributed by atoms with Crippen molar-refractivity contribution in [1.29, 1.82) is 0 Å². The Morgan fingerprint density at radius 3 is 2.74 bits per heavy atom. The zero-order valence-corrected chi connectivity index (χ0v) is 11.1. The third kappa shape index (κ3) is 2.84. The molecule has 1 aromatic heterocycles. The molecule has 104 valence electrons. The molecule has 0 atom stereocenters. The molecule has 1 aliphatic rings. The van der Waals surface area contributed by atoms with E-state index in [9.17, 15) is 15.2 Å². The van der Waals surface area contributed by atoms with Crippen LogP contribution in [0.5, 0.6) is 0 Å². The molecule has 0 bridgehead atoms. The third-order valence-corrected chi connectivity index (χ3v) is 3.81. The minimum atomic E-state index is -0.468. The van der Waals surface area contributed by atoms with Gasteiger partial charge in [0.15, 0.2) is 0 Å². The van der Waals surface area contributed by atoms with Gasteiger partial charge >= 0.3 is 5.69 Å². The normalized spacial score (nSPS) is 18.0. The van der Waals surface area contributed by atoms with E-state index in [2.05, 4.69) is 10.3 Å². The van der Waals surface area contributed by atoms with Gasteiger partial charge in [0.05, 0.1) is 17.1 Å². The lowest BCUT2D eigenvalue weighted by Gasteiger charge is -2.36. The van der Waals surface area contributed by atoms with Crippen molar-refractivity contribution >= 4 is 11.5 Å². The quantitative estimate of drug-likeness (QED) is 0.644. The second kappa shape index (κ2) is 5.52. The fourth-order valence-corrected chi connectivity index (χ4v) is 2.67. The van der Waals surface area contributed by atoms with E-state index < -0.39 is 10.5 Å². The summed E-state index contributed by atoms with van der Waals surface area (Å²) >= 11 is 0. The number of aliphatic hydroxyl groups excluding tert-OH is 1. The zero-order valence-electron chi connectivity index (χ0n) is 11.1. The number of nitro groups is 1. The van der Waals surface area contributed by atoms with Gasteiger partial charge in [-0.25, -0.2) is 4.98 Å². The first-order valence-electron chi connectivity index (χ1n) is 6.57. The van der Waals surface area contributed by atoms with E-state index in [4.69, 9.17) is 0 Å². The topological polar surface area (TPSA) is 88.3 Å². The number of hydrogen-bond acceptors (Lipinski definition) is 5. The summed E-state index contributed by atoms with van der Waals surface area (Å²) in [6.07, 6.45) is 6.37. The van der Waals surface area contributed by atoms with Gasteiger partial charge in [-0.1, -0.05) is 19.3 Å². The third-order valence-electron chi connectivity index (χ3n) is 3.81. The van der Waals surface area contributed by atoms with E-state index in [1.165, 1.54) is 0 Å². The number of nitrogens with one attached hydrogen (secondary N) is 1. The minimum Gasteiger partial charge on any atom is -0.394 e. The van der Waals surface area contributed by atoms with E-state index in [0.29, 0.717) is 5.56 Å². The Hall–Kier alpha value is -1.69. The lowest BCUT2D eigenvalue weighted by atomic mass is 9.82. The Balaban J connectivity index is 2.31. The summed E-state index contributed by atoms with van der Waals surface area (Å²) in [5.74, 6) is 0.265. The molecule has 6 nitrogen and oxygen atoms in total. The number of hydrogen-bond donors (Lipinski definition) is 2. The van der Waals surface area contributed by atoms with Gasteiger partial charge in [0, 0.05) is 11.8 Å². The molecule has 1 aromatic rings. The van der Waals surface area contributed by atoms with Gasteiger partial charge in [-0.2, -0.15) is 0 Å². The summed E-state index contributed by atoms with van der Waals surface area (Å²) in [5, 5.41) is 23.9. The molecule has 1 saturated carbocycles. The van der Waals surface area contributed by atoms with Crippen molar-refractivity contribution in [2.24, 2.45) is 0 Å². The molecule has 0 saturated heterocycles. The van der Waals surface area contributed by atoms with Gasteiger partial charge in [0.2, 0.25) is 5.82 Å². The second-order valence-electron chi connectivity index (χ2n) is 5.21. The average Bonchev–Trinajstić information content (AvgIpc) is 2.39. The predicted octanol–water partition coefficient (Wildman–Crippen LogP) is 2.41. The van der Waals surface area contributed by atoms with Crippen molar-refractivity contribution in [3.63, 3.8) is 0 Å². The Bertz CT molecular complexity index is 470. The smallest absolute Gasteiger partial charge is 0.314 e. The van der Waals surface area contributed by atoms with Crippen LogP contribution in [0.1, 0.15) is 37.7 Å². The number of aromatic nitrogens is 1. The zero-order chi connectivity index (χ0) is 13.9. The lowest BCUT2D eigenvalue weighted by Crippen LogP contribution is -2.44. The first-order valence-corrected chi connectivity index (χ1v) is 6.57. The van der Waals surface area contributed by atoms with Crippen molar-refractivity contribution in [1.82, 2.24) is 4.98 Å². The van der Waals surface area contributed by atoms with Crippen LogP contribution in [0.4, 0.5) is 11.5 Å². The lowest BCUT2D eigenvalue weighted by molar-refractivity contribution is -0.384. The highest BCUT2D eigenvalue weighted by Crippen LogP contribution is 2.34. The molecule has 0 aromatic carbocycles. The molecule has 2 N–H and O–H groups in total. The molecule has 0 radical (unpaired) electrons. The Kier molecular flexibility index (Phi) is 3.99. The Morgan fingerprint density at radius 2 is 2.16 bits per heavy atom. The van der Waals surface area contributed by atoms with Crippen molar-refractivity contribution in [2.75, 3.05) is 11.9 Å². The fraction of sp³-hybridized carbons (Fsp3) is 0.615. The Morgan fingerprint density at radius 1 is 1.47 bits per heavy atom. The summed E-state index contributed by atoms with van der Waals surface area (Å²) in [6, 6.07) is 1.62. The van der Waals surface area contributed by atoms with Gasteiger partial charge in [0.1, 0.15) is 0 Å². The van der Waals surface area contributed by atoms with Crippen LogP contribution in [-0.2, 0) is 0 Å². The predicted molar refractivity (Wildman–Crippen MR) is 72.2 cm³/mol. The van der Waals surface area contributed by atoms with Crippen LogP contribution in [-0.4, -0.2) is 27.2 Å². The van der Waals surface area contributed by atoms with Crippen LogP contribution >= 0.6 is 0 Å². The van der Waals surface area contributed by atoms with E-state index >= 15 is 0 Å². The van der Waals surface area contributed by atoms with E-state index in [-0.39, 0.29) is 18.1 Å². The maximum absolute atomic E-state index is 11.1. The monoisotopic (exact) mass is 265 g/mol. The van der Waals surface area contributed by atoms with Crippen LogP contribution in [0.3, 0.4) is 0 Å². The number of pyridine rings is 1. The highest BCUT2D eigenvalue weighted by Gasteiger charge is 2.34. The summed E-state index contributed by atoms with van der Waals surface area (Å²) in [7, 11) is 0. The van der Waals surface area contributed by atoms with E-state index in [0.717, 1.165) is 32.1 Å². The van der Waals surface area contributed by atoms with E-state index in [1.807, 2.05) is 0 Å². The highest BCUT2D eigenvalue weighted by molar-refractivity contribution is 5.61. The highest BCUT2D eigenvalue weighted by atomic mass is 16.6. The molecular formula is C13H19N3O3. The molecule has 1 fully saturated rings. The van der Waals surface area contributed by atoms with Crippen LogP contribution < -0.4 is 5.32 Å². The number of aliphatic hydroxyl groups is 1. The second-order valence-corrected chi connectivity index (χ2v) is 5.21. The summed E-state index contributed by atoms with van der Waals surface area (Å²) in [4.78, 5) is 14.8. The van der Waals surface area contributed by atoms with Crippen LogP contribution in [0.2, 0.25) is 0 Å². The van der Waals surface area contributed by atoms with Gasteiger partial charge in [-0.15, -0.1) is 0 Å². The number of anilines is 1. The van der Waals surface area contributed by atoms with Gasteiger partial charge in [-0.3, -0.25) is 10.1 Å². The van der Waals surface area contributed by atoms with E-state index in [1.54, 1.807) is 19.2 Å². The maximum Gasteiger partial charge on any atom is 0.314 e. The van der Waals surface area contributed by atoms with Crippen molar-refractivity contribution in [3.8, 4) is 0 Å². The molecule has 0 spiro atoms. The SMILES string of the molecule is Cc1ccnc(NC2(CO)CCCCC2)c1[N+](=O)[O-]. The Labute approximate surface area is 112 Å². The number of nitrogens with zero attached hydrogens (tertiary/aromatic N) is 2. The molecule has 1 aliphatic carbocycles. The summed E-state index contributed by atoms with van der Waals surface area (Å²) in [6.45, 7) is 1.66. The average molecular weight is 265 g/mol. The van der Waals surface area contributed by atoms with Gasteiger partial charge in [0.25, 0.3) is 0 Å². The minimum absolute atomic E-state index is 0.000832. The molecule has 6 heteroatoms. The molecule has 0 aliphatic heterocycles. The fourth-order valence-electron chi connectivity index (χ4n) is 2.67. The van der Waals surface area contributed by atoms with Crippen molar-refractivity contribution < 1.29 is 10.0 Å². The summed E-state index contributed by atoms with van der Waals surface area (Å²) in [5.41, 5.74) is 0.108. The number of aryl methyl sites for hydroxylation is 1. The van der Waals surface area contributed by atoms with Crippen molar-refractivity contribution in [2.45, 2.75) is 44.6 Å². The molecule has 0 unspecified atom stereocenters. The maximum atomic E-state index is 11.1. The van der Waals surface area contributed by atoms with Gasteiger partial charge < -0.3 is 10.4 Å². The molecular weight excluding hydrogens is 246 g/mol. The van der Waals surface area contributed by atoms with Crippen molar-refractivity contribution in [3.05, 3.63) is 27.9 Å². The summed E-state index contributed by atoms with van der Waals surface area (Å²) < 4.78 is 0. The molecule has 2 rings (SSSR count). The molecule has 19 heavy (non-hydrogen) atoms. The van der Waals surface area contributed by atoms with Crippen LogP contribution in [0, 0.1) is 17.0 Å². The largest absolute Gasteiger partial charge is 0.394 e. The van der Waals surface area contributed by atoms with Crippen LogP contribution in [0.15, 0.2) is 12.3 Å². The molecule has 0 amide bonds. The standard InChI is InChI=1S/C13H19N3O3/c1-10-5-8-14-12(11(10)16(18)19)15-13(9-17)6-3-2-4-7-13/h5,8,17H,2-4,6-7,9H2,1H3,(H,14,15). The first kappa shape index (κ1) is 13.7. The first-order chi connectivity index (χ1) is 9.08.